The van der Waals surface area contributed by atoms with E-state index in [4.69, 9.17) is 4.74 Å². The normalized spacial score (nSPS) is 22.2. The molecule has 1 aliphatic carbocycles. The van der Waals surface area contributed by atoms with Crippen molar-refractivity contribution in [2.75, 3.05) is 5.32 Å². The van der Waals surface area contributed by atoms with E-state index in [9.17, 15) is 14.7 Å². The van der Waals surface area contributed by atoms with Gasteiger partial charge in [0.15, 0.2) is 0 Å². The fourth-order valence-electron chi connectivity index (χ4n) is 2.94. The van der Waals surface area contributed by atoms with E-state index >= 15 is 0 Å². The maximum absolute atomic E-state index is 12.5. The van der Waals surface area contributed by atoms with E-state index in [1.54, 1.807) is 12.1 Å². The number of rotatable bonds is 6. The van der Waals surface area contributed by atoms with E-state index in [2.05, 4.69) is 5.32 Å². The number of carboxylic acid groups (broad SMARTS) is 1. The molecule has 0 spiro atoms. The second-order valence-corrected chi connectivity index (χ2v) is 6.19. The molecule has 0 radical (unpaired) electrons. The highest BCUT2D eigenvalue weighted by molar-refractivity contribution is 5.95. The summed E-state index contributed by atoms with van der Waals surface area (Å²) in [4.78, 5) is 23.8. The van der Waals surface area contributed by atoms with E-state index in [1.807, 2.05) is 26.0 Å². The van der Waals surface area contributed by atoms with E-state index in [-0.39, 0.29) is 12.0 Å². The van der Waals surface area contributed by atoms with Gasteiger partial charge in [0.05, 0.1) is 17.9 Å². The standard InChI is InChI=1S/C18H25NO4/c1-3-12(2)23-14-8-6-7-13(11-14)19-17(20)15-9-4-5-10-16(15)18(21)22/h6-8,11-12,15-16H,3-5,9-10H2,1-2H3,(H,19,20)(H,21,22)/t12-,15-,16-/m0/s1. The van der Waals surface area contributed by atoms with Crippen molar-refractivity contribution in [2.45, 2.75) is 52.1 Å². The summed E-state index contributed by atoms with van der Waals surface area (Å²) in [6, 6.07) is 7.24. The lowest BCUT2D eigenvalue weighted by Gasteiger charge is -2.27. The van der Waals surface area contributed by atoms with Crippen LogP contribution in [0.15, 0.2) is 24.3 Å². The quantitative estimate of drug-likeness (QED) is 0.838. The number of anilines is 1. The van der Waals surface area contributed by atoms with Crippen LogP contribution in [0.25, 0.3) is 0 Å². The van der Waals surface area contributed by atoms with Crippen LogP contribution in [0, 0.1) is 11.8 Å². The van der Waals surface area contributed by atoms with Crippen molar-refractivity contribution in [2.24, 2.45) is 11.8 Å². The Hall–Kier alpha value is -2.04. The Morgan fingerprint density at radius 1 is 1.30 bits per heavy atom. The molecule has 3 atom stereocenters. The number of carbonyl (C=O) groups is 2. The number of benzene rings is 1. The van der Waals surface area contributed by atoms with Gasteiger partial charge in [0.25, 0.3) is 0 Å². The minimum absolute atomic E-state index is 0.107. The molecule has 0 bridgehead atoms. The van der Waals surface area contributed by atoms with Crippen LogP contribution < -0.4 is 10.1 Å². The molecular formula is C18H25NO4. The summed E-state index contributed by atoms with van der Waals surface area (Å²) in [5, 5.41) is 12.1. The molecule has 0 saturated heterocycles. The summed E-state index contributed by atoms with van der Waals surface area (Å²) in [7, 11) is 0. The number of nitrogens with one attached hydrogen (secondary N) is 1. The van der Waals surface area contributed by atoms with E-state index in [0.29, 0.717) is 24.3 Å². The highest BCUT2D eigenvalue weighted by atomic mass is 16.5. The Morgan fingerprint density at radius 2 is 2.00 bits per heavy atom. The van der Waals surface area contributed by atoms with E-state index in [1.165, 1.54) is 0 Å². The fourth-order valence-corrected chi connectivity index (χ4v) is 2.94. The third-order valence-electron chi connectivity index (χ3n) is 4.43. The first-order valence-corrected chi connectivity index (χ1v) is 8.31. The molecule has 0 unspecified atom stereocenters. The van der Waals surface area contributed by atoms with Crippen LogP contribution in [0.2, 0.25) is 0 Å². The lowest BCUT2D eigenvalue weighted by atomic mass is 9.78. The lowest BCUT2D eigenvalue weighted by Crippen LogP contribution is -2.36. The molecule has 0 heterocycles. The van der Waals surface area contributed by atoms with Gasteiger partial charge >= 0.3 is 5.97 Å². The molecule has 2 rings (SSSR count). The molecule has 126 valence electrons. The Labute approximate surface area is 137 Å². The van der Waals surface area contributed by atoms with Gasteiger partial charge in [0.1, 0.15) is 5.75 Å². The van der Waals surface area contributed by atoms with Crippen LogP contribution in [0.3, 0.4) is 0 Å². The van der Waals surface area contributed by atoms with Gasteiger partial charge < -0.3 is 15.2 Å². The highest BCUT2D eigenvalue weighted by Gasteiger charge is 2.35. The second-order valence-electron chi connectivity index (χ2n) is 6.19. The molecule has 1 aliphatic rings. The van der Waals surface area contributed by atoms with Gasteiger partial charge in [-0.05, 0) is 38.3 Å². The van der Waals surface area contributed by atoms with Crippen molar-refractivity contribution in [3.8, 4) is 5.75 Å². The zero-order chi connectivity index (χ0) is 16.8. The average Bonchev–Trinajstić information content (AvgIpc) is 2.55. The zero-order valence-electron chi connectivity index (χ0n) is 13.7. The molecule has 5 heteroatoms. The smallest absolute Gasteiger partial charge is 0.307 e. The Balaban J connectivity index is 2.04. The molecule has 0 aliphatic heterocycles. The van der Waals surface area contributed by atoms with Crippen LogP contribution in [0.1, 0.15) is 46.0 Å². The third-order valence-corrected chi connectivity index (χ3v) is 4.43. The number of carboxylic acids is 1. The first kappa shape index (κ1) is 17.3. The van der Waals surface area contributed by atoms with E-state index < -0.39 is 17.8 Å². The van der Waals surface area contributed by atoms with Gasteiger partial charge in [-0.25, -0.2) is 0 Å². The summed E-state index contributed by atoms with van der Waals surface area (Å²) < 4.78 is 5.75. The van der Waals surface area contributed by atoms with Gasteiger partial charge in [-0.2, -0.15) is 0 Å². The molecule has 1 fully saturated rings. The molecule has 1 saturated carbocycles. The van der Waals surface area contributed by atoms with Crippen molar-refractivity contribution >= 4 is 17.6 Å². The molecule has 5 nitrogen and oxygen atoms in total. The maximum Gasteiger partial charge on any atom is 0.307 e. The summed E-state index contributed by atoms with van der Waals surface area (Å²) in [6.45, 7) is 4.04. The predicted octanol–water partition coefficient (Wildman–Crippen LogP) is 3.69. The van der Waals surface area contributed by atoms with Gasteiger partial charge in [-0.3, -0.25) is 9.59 Å². The first-order valence-electron chi connectivity index (χ1n) is 8.31. The topological polar surface area (TPSA) is 75.6 Å². The number of amides is 1. The zero-order valence-corrected chi connectivity index (χ0v) is 13.7. The van der Waals surface area contributed by atoms with Crippen LogP contribution in [0.5, 0.6) is 5.75 Å². The molecule has 1 amide bonds. The van der Waals surface area contributed by atoms with Gasteiger partial charge in [0, 0.05) is 11.8 Å². The summed E-state index contributed by atoms with van der Waals surface area (Å²) >= 11 is 0. The van der Waals surface area contributed by atoms with E-state index in [0.717, 1.165) is 19.3 Å². The average molecular weight is 319 g/mol. The molecule has 2 N–H and O–H groups in total. The molecule has 23 heavy (non-hydrogen) atoms. The highest BCUT2D eigenvalue weighted by Crippen LogP contribution is 2.31. The summed E-state index contributed by atoms with van der Waals surface area (Å²) in [6.07, 6.45) is 3.99. The van der Waals surface area contributed by atoms with Crippen LogP contribution in [-0.4, -0.2) is 23.1 Å². The summed E-state index contributed by atoms with van der Waals surface area (Å²) in [5.41, 5.74) is 0.644. The van der Waals surface area contributed by atoms with Crippen molar-refractivity contribution in [3.63, 3.8) is 0 Å². The van der Waals surface area contributed by atoms with Gasteiger partial charge in [-0.1, -0.05) is 25.8 Å². The number of ether oxygens (including phenoxy) is 1. The number of carbonyl (C=O) groups excluding carboxylic acids is 1. The Kier molecular flexibility index (Phi) is 6.02. The molecule has 0 aromatic heterocycles. The maximum atomic E-state index is 12.5. The Bertz CT molecular complexity index is 558. The van der Waals surface area contributed by atoms with Crippen LogP contribution >= 0.6 is 0 Å². The predicted molar refractivity (Wildman–Crippen MR) is 88.5 cm³/mol. The van der Waals surface area contributed by atoms with Crippen molar-refractivity contribution in [1.82, 2.24) is 0 Å². The number of hydrogen-bond acceptors (Lipinski definition) is 3. The van der Waals surface area contributed by atoms with Crippen molar-refractivity contribution < 1.29 is 19.4 Å². The number of hydrogen-bond donors (Lipinski definition) is 2. The van der Waals surface area contributed by atoms with Crippen molar-refractivity contribution in [3.05, 3.63) is 24.3 Å². The lowest BCUT2D eigenvalue weighted by molar-refractivity contribution is -0.147. The molecule has 1 aromatic carbocycles. The largest absolute Gasteiger partial charge is 0.491 e. The molecule has 1 aromatic rings. The van der Waals surface area contributed by atoms with Gasteiger partial charge in [0.2, 0.25) is 5.91 Å². The first-order chi connectivity index (χ1) is 11.0. The van der Waals surface area contributed by atoms with Gasteiger partial charge in [-0.15, -0.1) is 0 Å². The van der Waals surface area contributed by atoms with Crippen LogP contribution in [0.4, 0.5) is 5.69 Å². The number of aliphatic carboxylic acids is 1. The fraction of sp³-hybridized carbons (Fsp3) is 0.556. The van der Waals surface area contributed by atoms with Crippen molar-refractivity contribution in [1.29, 1.82) is 0 Å². The monoisotopic (exact) mass is 319 g/mol. The van der Waals surface area contributed by atoms with Crippen LogP contribution in [-0.2, 0) is 9.59 Å². The minimum atomic E-state index is -0.876. The minimum Gasteiger partial charge on any atom is -0.491 e. The SMILES string of the molecule is CC[C@H](C)Oc1cccc(NC(=O)[C@H]2CCCC[C@@H]2C(=O)O)c1. The second kappa shape index (κ2) is 7.99. The molecular weight excluding hydrogens is 294 g/mol. The third kappa shape index (κ3) is 4.71. The Morgan fingerprint density at radius 3 is 2.65 bits per heavy atom. The summed E-state index contributed by atoms with van der Waals surface area (Å²) in [5.74, 6) is -1.42.